The molecule has 0 saturated carbocycles. The monoisotopic (exact) mass is 277 g/mol. The molecule has 0 spiro atoms. The highest BCUT2D eigenvalue weighted by molar-refractivity contribution is 7.86. The van der Waals surface area contributed by atoms with Gasteiger partial charge in [-0.2, -0.15) is 17.0 Å². The van der Waals surface area contributed by atoms with Gasteiger partial charge >= 0.3 is 0 Å². The van der Waals surface area contributed by atoms with Gasteiger partial charge in [-0.1, -0.05) is 12.8 Å². The Kier molecular flexibility index (Phi) is 6.55. The molecule has 1 aliphatic rings. The molecule has 0 aromatic rings. The van der Waals surface area contributed by atoms with Gasteiger partial charge in [0.25, 0.3) is 10.2 Å². The van der Waals surface area contributed by atoms with Crippen LogP contribution in [0.1, 0.15) is 45.4 Å². The summed E-state index contributed by atoms with van der Waals surface area (Å²) in [4.78, 5) is 0. The summed E-state index contributed by atoms with van der Waals surface area (Å²) >= 11 is 0. The van der Waals surface area contributed by atoms with Gasteiger partial charge in [0.05, 0.1) is 0 Å². The van der Waals surface area contributed by atoms with E-state index < -0.39 is 10.2 Å². The standard InChI is InChI=1S/C12H27N3O2S/c1-12-8-4-7-11-15(12)18(16,17)14(2)10-6-3-5-9-13/h12H,3-11,13H2,1-2H3. The van der Waals surface area contributed by atoms with Gasteiger partial charge in [-0.05, 0) is 39.2 Å². The summed E-state index contributed by atoms with van der Waals surface area (Å²) in [5.41, 5.74) is 5.43. The van der Waals surface area contributed by atoms with Crippen LogP contribution in [0.4, 0.5) is 0 Å². The third-order valence-corrected chi connectivity index (χ3v) is 5.71. The molecular weight excluding hydrogens is 250 g/mol. The number of rotatable bonds is 7. The Morgan fingerprint density at radius 1 is 1.28 bits per heavy atom. The molecule has 1 aliphatic heterocycles. The maximum absolute atomic E-state index is 12.4. The minimum atomic E-state index is -3.26. The molecule has 1 atom stereocenters. The lowest BCUT2D eigenvalue weighted by Gasteiger charge is -2.35. The van der Waals surface area contributed by atoms with E-state index in [0.717, 1.165) is 38.5 Å². The van der Waals surface area contributed by atoms with Crippen LogP contribution in [0.5, 0.6) is 0 Å². The Morgan fingerprint density at radius 3 is 2.61 bits per heavy atom. The van der Waals surface area contributed by atoms with Crippen molar-refractivity contribution in [2.24, 2.45) is 5.73 Å². The van der Waals surface area contributed by atoms with Crippen molar-refractivity contribution in [3.05, 3.63) is 0 Å². The Bertz CT molecular complexity index is 332. The zero-order valence-corrected chi connectivity index (χ0v) is 12.5. The SMILES string of the molecule is CC1CCCCN1S(=O)(=O)N(C)CCCCCN. The molecule has 0 amide bonds. The van der Waals surface area contributed by atoms with E-state index in [1.54, 1.807) is 11.4 Å². The number of unbranched alkanes of at least 4 members (excludes halogenated alkanes) is 2. The van der Waals surface area contributed by atoms with Crippen LogP contribution < -0.4 is 5.73 Å². The van der Waals surface area contributed by atoms with Gasteiger partial charge in [0.15, 0.2) is 0 Å². The third-order valence-electron chi connectivity index (χ3n) is 3.61. The minimum absolute atomic E-state index is 0.134. The van der Waals surface area contributed by atoms with Gasteiger partial charge in [-0.3, -0.25) is 0 Å². The van der Waals surface area contributed by atoms with Crippen molar-refractivity contribution >= 4 is 10.2 Å². The topological polar surface area (TPSA) is 66.6 Å². The van der Waals surface area contributed by atoms with E-state index in [2.05, 4.69) is 0 Å². The molecule has 0 radical (unpaired) electrons. The summed E-state index contributed by atoms with van der Waals surface area (Å²) in [7, 11) is -1.58. The third kappa shape index (κ3) is 4.19. The van der Waals surface area contributed by atoms with Crippen LogP contribution in [-0.4, -0.2) is 49.8 Å². The number of nitrogens with two attached hydrogens (primary N) is 1. The molecule has 1 fully saturated rings. The normalized spacial score (nSPS) is 22.6. The summed E-state index contributed by atoms with van der Waals surface area (Å²) in [6.07, 6.45) is 5.92. The molecule has 108 valence electrons. The van der Waals surface area contributed by atoms with E-state index in [9.17, 15) is 8.42 Å². The molecule has 1 heterocycles. The lowest BCUT2D eigenvalue weighted by molar-refractivity contribution is 0.249. The van der Waals surface area contributed by atoms with Crippen LogP contribution in [0, 0.1) is 0 Å². The zero-order valence-electron chi connectivity index (χ0n) is 11.6. The van der Waals surface area contributed by atoms with Crippen molar-refractivity contribution in [3.8, 4) is 0 Å². The lowest BCUT2D eigenvalue weighted by atomic mass is 10.1. The largest absolute Gasteiger partial charge is 0.330 e. The van der Waals surface area contributed by atoms with Crippen molar-refractivity contribution < 1.29 is 8.42 Å². The van der Waals surface area contributed by atoms with Crippen molar-refractivity contribution in [2.75, 3.05) is 26.7 Å². The van der Waals surface area contributed by atoms with Crippen LogP contribution in [-0.2, 0) is 10.2 Å². The first-order valence-electron chi connectivity index (χ1n) is 6.93. The predicted octanol–water partition coefficient (Wildman–Crippen LogP) is 1.17. The first-order chi connectivity index (χ1) is 8.50. The lowest BCUT2D eigenvalue weighted by Crippen LogP contribution is -2.48. The number of hydrogen-bond donors (Lipinski definition) is 1. The summed E-state index contributed by atoms with van der Waals surface area (Å²) < 4.78 is 27.9. The minimum Gasteiger partial charge on any atom is -0.330 e. The summed E-state index contributed by atoms with van der Waals surface area (Å²) in [5.74, 6) is 0. The fourth-order valence-corrected chi connectivity index (χ4v) is 4.00. The van der Waals surface area contributed by atoms with Gasteiger partial charge in [-0.15, -0.1) is 0 Å². The highest BCUT2D eigenvalue weighted by Gasteiger charge is 2.32. The number of hydrogen-bond acceptors (Lipinski definition) is 3. The molecule has 0 aromatic heterocycles. The molecular formula is C12H27N3O2S. The van der Waals surface area contributed by atoms with Crippen molar-refractivity contribution in [1.82, 2.24) is 8.61 Å². The fraction of sp³-hybridized carbons (Fsp3) is 1.00. The van der Waals surface area contributed by atoms with Gasteiger partial charge in [-0.25, -0.2) is 0 Å². The average molecular weight is 277 g/mol. The zero-order chi connectivity index (χ0) is 13.6. The highest BCUT2D eigenvalue weighted by Crippen LogP contribution is 2.21. The van der Waals surface area contributed by atoms with Gasteiger partial charge in [0.2, 0.25) is 0 Å². The average Bonchev–Trinajstić information content (AvgIpc) is 2.34. The molecule has 0 aliphatic carbocycles. The summed E-state index contributed by atoms with van der Waals surface area (Å²) in [6, 6.07) is 0.134. The van der Waals surface area contributed by atoms with Gasteiger partial charge in [0.1, 0.15) is 0 Å². The molecule has 5 nitrogen and oxygen atoms in total. The van der Waals surface area contributed by atoms with E-state index >= 15 is 0 Å². The molecule has 1 unspecified atom stereocenters. The van der Waals surface area contributed by atoms with Crippen LogP contribution >= 0.6 is 0 Å². The van der Waals surface area contributed by atoms with E-state index in [-0.39, 0.29) is 6.04 Å². The maximum atomic E-state index is 12.4. The van der Waals surface area contributed by atoms with E-state index in [1.807, 2.05) is 6.92 Å². The van der Waals surface area contributed by atoms with Crippen molar-refractivity contribution in [2.45, 2.75) is 51.5 Å². The van der Waals surface area contributed by atoms with Crippen LogP contribution in [0.25, 0.3) is 0 Å². The van der Waals surface area contributed by atoms with E-state index in [1.165, 1.54) is 4.31 Å². The molecule has 0 bridgehead atoms. The smallest absolute Gasteiger partial charge is 0.281 e. The van der Waals surface area contributed by atoms with Gasteiger partial charge in [0, 0.05) is 26.2 Å². The highest BCUT2D eigenvalue weighted by atomic mass is 32.2. The molecule has 0 aromatic carbocycles. The number of nitrogens with zero attached hydrogens (tertiary/aromatic N) is 2. The number of piperidine rings is 1. The molecule has 1 saturated heterocycles. The Labute approximate surface area is 112 Å². The summed E-state index contributed by atoms with van der Waals surface area (Å²) in [6.45, 7) is 3.93. The van der Waals surface area contributed by atoms with E-state index in [0.29, 0.717) is 19.6 Å². The van der Waals surface area contributed by atoms with Crippen LogP contribution in [0.2, 0.25) is 0 Å². The van der Waals surface area contributed by atoms with Crippen LogP contribution in [0.3, 0.4) is 0 Å². The fourth-order valence-electron chi connectivity index (χ4n) is 2.36. The summed E-state index contributed by atoms with van der Waals surface area (Å²) in [5, 5.41) is 0. The predicted molar refractivity (Wildman–Crippen MR) is 74.5 cm³/mol. The molecule has 2 N–H and O–H groups in total. The first kappa shape index (κ1) is 15.9. The maximum Gasteiger partial charge on any atom is 0.281 e. The quantitative estimate of drug-likeness (QED) is 0.710. The van der Waals surface area contributed by atoms with E-state index in [4.69, 9.17) is 5.73 Å². The van der Waals surface area contributed by atoms with Gasteiger partial charge < -0.3 is 5.73 Å². The Morgan fingerprint density at radius 2 is 2.00 bits per heavy atom. The van der Waals surface area contributed by atoms with Crippen molar-refractivity contribution in [3.63, 3.8) is 0 Å². The second-order valence-corrected chi connectivity index (χ2v) is 7.12. The second kappa shape index (κ2) is 7.43. The van der Waals surface area contributed by atoms with Crippen LogP contribution in [0.15, 0.2) is 0 Å². The Balaban J connectivity index is 2.50. The second-order valence-electron chi connectivity index (χ2n) is 5.13. The molecule has 1 rings (SSSR count). The Hall–Kier alpha value is -0.170. The van der Waals surface area contributed by atoms with Crippen molar-refractivity contribution in [1.29, 1.82) is 0 Å². The first-order valence-corrected chi connectivity index (χ1v) is 8.33. The molecule has 6 heteroatoms. The molecule has 18 heavy (non-hydrogen) atoms.